The minimum atomic E-state index is -0.528. The highest BCUT2D eigenvalue weighted by Gasteiger charge is 2.32. The SMILES string of the molecule is COc1cc(NC(=O)CC2SC(=Nc3ccccc3)NC2=O)cc(OC)c1. The molecule has 2 aromatic carbocycles. The fraction of sp³-hybridized carbons (Fsp3) is 0.211. The molecule has 1 atom stereocenters. The number of nitrogens with zero attached hydrogens (tertiary/aromatic N) is 1. The van der Waals surface area contributed by atoms with Gasteiger partial charge in [0, 0.05) is 30.3 Å². The van der Waals surface area contributed by atoms with E-state index in [1.54, 1.807) is 18.2 Å². The Morgan fingerprint density at radius 1 is 1.15 bits per heavy atom. The maximum absolute atomic E-state index is 12.4. The largest absolute Gasteiger partial charge is 0.497 e. The number of carbonyl (C=O) groups is 2. The van der Waals surface area contributed by atoms with Crippen LogP contribution in [0.4, 0.5) is 11.4 Å². The van der Waals surface area contributed by atoms with Crippen molar-refractivity contribution < 1.29 is 19.1 Å². The Labute approximate surface area is 161 Å². The second-order valence-electron chi connectivity index (χ2n) is 5.70. The highest BCUT2D eigenvalue weighted by Crippen LogP contribution is 2.28. The van der Waals surface area contributed by atoms with Gasteiger partial charge in [0.25, 0.3) is 0 Å². The molecule has 0 spiro atoms. The van der Waals surface area contributed by atoms with Gasteiger partial charge >= 0.3 is 0 Å². The van der Waals surface area contributed by atoms with Gasteiger partial charge in [-0.1, -0.05) is 30.0 Å². The highest BCUT2D eigenvalue weighted by atomic mass is 32.2. The standard InChI is InChI=1S/C19H19N3O4S/c1-25-14-8-13(9-15(10-14)26-2)20-17(23)11-16-18(24)22-19(27-16)21-12-6-4-3-5-7-12/h3-10,16H,11H2,1-2H3,(H,20,23)(H,21,22,24). The number of ether oxygens (including phenoxy) is 2. The summed E-state index contributed by atoms with van der Waals surface area (Å²) in [6.07, 6.45) is 0.0316. The van der Waals surface area contributed by atoms with E-state index in [1.165, 1.54) is 26.0 Å². The van der Waals surface area contributed by atoms with Gasteiger partial charge in [-0.05, 0) is 12.1 Å². The van der Waals surface area contributed by atoms with Gasteiger partial charge in [0.1, 0.15) is 16.7 Å². The maximum atomic E-state index is 12.4. The fourth-order valence-corrected chi connectivity index (χ4v) is 3.46. The van der Waals surface area contributed by atoms with E-state index in [0.717, 1.165) is 5.69 Å². The molecular formula is C19H19N3O4S. The minimum absolute atomic E-state index is 0.0316. The fourth-order valence-electron chi connectivity index (χ4n) is 2.47. The molecule has 1 fully saturated rings. The van der Waals surface area contributed by atoms with Crippen molar-refractivity contribution in [1.29, 1.82) is 0 Å². The van der Waals surface area contributed by atoms with E-state index < -0.39 is 5.25 Å². The minimum Gasteiger partial charge on any atom is -0.497 e. The van der Waals surface area contributed by atoms with Crippen LogP contribution in [0, 0.1) is 0 Å². The smallest absolute Gasteiger partial charge is 0.240 e. The summed E-state index contributed by atoms with van der Waals surface area (Å²) >= 11 is 1.25. The molecule has 2 N–H and O–H groups in total. The Hall–Kier alpha value is -3.00. The van der Waals surface area contributed by atoms with Gasteiger partial charge in [0.05, 0.1) is 19.9 Å². The van der Waals surface area contributed by atoms with Crippen molar-refractivity contribution in [2.45, 2.75) is 11.7 Å². The molecule has 8 heteroatoms. The summed E-state index contributed by atoms with van der Waals surface area (Å²) in [7, 11) is 3.07. The molecule has 1 aliphatic heterocycles. The van der Waals surface area contributed by atoms with Gasteiger partial charge in [-0.15, -0.1) is 0 Å². The molecule has 1 saturated heterocycles. The summed E-state index contributed by atoms with van der Waals surface area (Å²) in [6, 6.07) is 14.4. The average molecular weight is 385 g/mol. The van der Waals surface area contributed by atoms with Gasteiger partial charge in [0.15, 0.2) is 5.17 Å². The summed E-state index contributed by atoms with van der Waals surface area (Å²) in [5.41, 5.74) is 1.28. The van der Waals surface area contributed by atoms with Crippen molar-refractivity contribution in [2.24, 2.45) is 4.99 Å². The lowest BCUT2D eigenvalue weighted by atomic mass is 10.2. The van der Waals surface area contributed by atoms with Crippen LogP contribution in [0.5, 0.6) is 11.5 Å². The molecule has 0 bridgehead atoms. The molecule has 7 nitrogen and oxygen atoms in total. The van der Waals surface area contributed by atoms with Crippen LogP contribution in [0.3, 0.4) is 0 Å². The Balaban J connectivity index is 1.63. The number of methoxy groups -OCH3 is 2. The van der Waals surface area contributed by atoms with E-state index in [2.05, 4.69) is 15.6 Å². The predicted octanol–water partition coefficient (Wildman–Crippen LogP) is 2.95. The van der Waals surface area contributed by atoms with E-state index in [0.29, 0.717) is 22.4 Å². The molecule has 1 aliphatic rings. The van der Waals surface area contributed by atoms with Crippen molar-refractivity contribution in [2.75, 3.05) is 19.5 Å². The third-order valence-electron chi connectivity index (χ3n) is 3.77. The molecule has 0 aromatic heterocycles. The van der Waals surface area contributed by atoms with Crippen LogP contribution in [0.1, 0.15) is 6.42 Å². The number of hydrogen-bond acceptors (Lipinski definition) is 6. The lowest BCUT2D eigenvalue weighted by Gasteiger charge is -2.10. The quantitative estimate of drug-likeness (QED) is 0.798. The summed E-state index contributed by atoms with van der Waals surface area (Å²) in [5.74, 6) is 0.622. The Morgan fingerprint density at radius 3 is 2.44 bits per heavy atom. The molecule has 0 saturated carbocycles. The summed E-state index contributed by atoms with van der Waals surface area (Å²) in [5, 5.41) is 5.45. The first-order chi connectivity index (χ1) is 13.1. The molecule has 3 rings (SSSR count). The predicted molar refractivity (Wildman–Crippen MR) is 106 cm³/mol. The van der Waals surface area contributed by atoms with Crippen LogP contribution < -0.4 is 20.1 Å². The van der Waals surface area contributed by atoms with E-state index in [4.69, 9.17) is 9.47 Å². The molecule has 140 valence electrons. The van der Waals surface area contributed by atoms with Crippen molar-refractivity contribution in [3.8, 4) is 11.5 Å². The lowest BCUT2D eigenvalue weighted by Crippen LogP contribution is -2.28. The van der Waals surface area contributed by atoms with Gasteiger partial charge in [0.2, 0.25) is 11.8 Å². The van der Waals surface area contributed by atoms with Crippen LogP contribution in [-0.2, 0) is 9.59 Å². The summed E-state index contributed by atoms with van der Waals surface area (Å²) in [4.78, 5) is 28.9. The van der Waals surface area contributed by atoms with Crippen molar-refractivity contribution in [1.82, 2.24) is 5.32 Å². The molecule has 0 aliphatic carbocycles. The maximum Gasteiger partial charge on any atom is 0.240 e. The summed E-state index contributed by atoms with van der Waals surface area (Å²) < 4.78 is 10.4. The number of carbonyl (C=O) groups excluding carboxylic acids is 2. The molecule has 1 unspecified atom stereocenters. The van der Waals surface area contributed by atoms with Gasteiger partial charge in [-0.25, -0.2) is 4.99 Å². The molecule has 2 amide bonds. The second kappa shape index (κ2) is 8.59. The number of amides is 2. The van der Waals surface area contributed by atoms with E-state index in [-0.39, 0.29) is 18.2 Å². The second-order valence-corrected chi connectivity index (χ2v) is 6.89. The van der Waals surface area contributed by atoms with Gasteiger partial charge < -0.3 is 20.1 Å². The molecule has 0 radical (unpaired) electrons. The Bertz CT molecular complexity index is 848. The molecular weight excluding hydrogens is 366 g/mol. The zero-order valence-electron chi connectivity index (χ0n) is 14.9. The van der Waals surface area contributed by atoms with Crippen LogP contribution in [0.15, 0.2) is 53.5 Å². The molecule has 1 heterocycles. The number of para-hydroxylation sites is 1. The van der Waals surface area contributed by atoms with Crippen molar-refractivity contribution >= 4 is 40.1 Å². The molecule has 2 aromatic rings. The first-order valence-electron chi connectivity index (χ1n) is 8.21. The third-order valence-corrected chi connectivity index (χ3v) is 4.85. The number of thioether (sulfide) groups is 1. The number of hydrogen-bond donors (Lipinski definition) is 2. The van der Waals surface area contributed by atoms with Crippen LogP contribution in [0.25, 0.3) is 0 Å². The molecule has 27 heavy (non-hydrogen) atoms. The zero-order valence-corrected chi connectivity index (χ0v) is 15.7. The Morgan fingerprint density at radius 2 is 1.81 bits per heavy atom. The number of nitrogens with one attached hydrogen (secondary N) is 2. The zero-order chi connectivity index (χ0) is 19.2. The number of anilines is 1. The number of benzene rings is 2. The topological polar surface area (TPSA) is 89.0 Å². The first-order valence-corrected chi connectivity index (χ1v) is 9.09. The third kappa shape index (κ3) is 5.01. The number of amidine groups is 1. The van der Waals surface area contributed by atoms with E-state index in [9.17, 15) is 9.59 Å². The van der Waals surface area contributed by atoms with Crippen LogP contribution >= 0.6 is 11.8 Å². The van der Waals surface area contributed by atoms with Crippen molar-refractivity contribution in [3.05, 3.63) is 48.5 Å². The van der Waals surface area contributed by atoms with Crippen LogP contribution in [-0.4, -0.2) is 36.5 Å². The monoisotopic (exact) mass is 385 g/mol. The van der Waals surface area contributed by atoms with E-state index in [1.807, 2.05) is 30.3 Å². The summed E-state index contributed by atoms with van der Waals surface area (Å²) in [6.45, 7) is 0. The lowest BCUT2D eigenvalue weighted by molar-refractivity contribution is -0.122. The highest BCUT2D eigenvalue weighted by molar-refractivity contribution is 8.15. The van der Waals surface area contributed by atoms with Gasteiger partial charge in [-0.2, -0.15) is 0 Å². The van der Waals surface area contributed by atoms with Crippen molar-refractivity contribution in [3.63, 3.8) is 0 Å². The van der Waals surface area contributed by atoms with Gasteiger partial charge in [-0.3, -0.25) is 9.59 Å². The normalized spacial score (nSPS) is 17.5. The van der Waals surface area contributed by atoms with Crippen LogP contribution in [0.2, 0.25) is 0 Å². The average Bonchev–Trinajstić information content (AvgIpc) is 3.00. The number of aliphatic imine (C=N–C) groups is 1. The van der Waals surface area contributed by atoms with E-state index >= 15 is 0 Å². The Kier molecular flexibility index (Phi) is 5.97. The first kappa shape index (κ1) is 18.8. The number of rotatable bonds is 6.